The second kappa shape index (κ2) is 9.68. The van der Waals surface area contributed by atoms with E-state index >= 15 is 0 Å². The minimum atomic E-state index is -0.174. The lowest BCUT2D eigenvalue weighted by Crippen LogP contribution is -2.42. The quantitative estimate of drug-likeness (QED) is 0.649. The molecule has 9 heteroatoms. The second-order valence-electron chi connectivity index (χ2n) is 8.31. The maximum Gasteiger partial charge on any atom is 0.153 e. The van der Waals surface area contributed by atoms with E-state index in [0.717, 1.165) is 48.9 Å². The Morgan fingerprint density at radius 3 is 2.67 bits per heavy atom. The molecule has 0 radical (unpaired) electrons. The molecule has 1 fully saturated rings. The normalized spacial score (nSPS) is 16.3. The van der Waals surface area contributed by atoms with Crippen molar-refractivity contribution in [2.75, 3.05) is 30.3 Å². The Bertz CT molecular complexity index is 888. The lowest BCUT2D eigenvalue weighted by Gasteiger charge is -2.40. The van der Waals surface area contributed by atoms with Gasteiger partial charge >= 0.3 is 0 Å². The van der Waals surface area contributed by atoms with Crippen molar-refractivity contribution in [3.8, 4) is 0 Å². The average Bonchev–Trinajstić information content (AvgIpc) is 2.72. The summed E-state index contributed by atoms with van der Waals surface area (Å²) >= 11 is 7.65. The number of rotatable bonds is 7. The molecule has 0 unspecified atom stereocenters. The summed E-state index contributed by atoms with van der Waals surface area (Å²) in [4.78, 5) is 16.5. The molecule has 1 aliphatic heterocycles. The summed E-state index contributed by atoms with van der Waals surface area (Å²) < 4.78 is 5.87. The van der Waals surface area contributed by atoms with E-state index < -0.39 is 0 Å². The van der Waals surface area contributed by atoms with Crippen molar-refractivity contribution >= 4 is 35.0 Å². The average molecular weight is 452 g/mol. The molecule has 30 heavy (non-hydrogen) atoms. The minimum absolute atomic E-state index is 0.163. The van der Waals surface area contributed by atoms with Crippen LogP contribution in [-0.4, -0.2) is 45.9 Å². The summed E-state index contributed by atoms with van der Waals surface area (Å²) in [6.45, 7) is 10.6. The Balaban J connectivity index is 1.77. The lowest BCUT2D eigenvalue weighted by atomic mass is 9.81. The number of ether oxygens (including phenoxy) is 1. The van der Waals surface area contributed by atoms with Crippen LogP contribution in [0.25, 0.3) is 0 Å². The van der Waals surface area contributed by atoms with Gasteiger partial charge in [-0.05, 0) is 45.1 Å². The first-order chi connectivity index (χ1) is 14.2. The zero-order valence-corrected chi connectivity index (χ0v) is 19.6. The van der Waals surface area contributed by atoms with E-state index in [4.69, 9.17) is 32.0 Å². The fraction of sp³-hybridized carbons (Fsp3) is 0.571. The Morgan fingerprint density at radius 2 is 2.03 bits per heavy atom. The number of pyridine rings is 1. The summed E-state index contributed by atoms with van der Waals surface area (Å²) in [7, 11) is 0. The highest BCUT2D eigenvalue weighted by molar-refractivity contribution is 7.99. The first-order valence-corrected chi connectivity index (χ1v) is 11.3. The number of aliphatic hydroxyl groups is 1. The number of aryl methyl sites for hydroxylation is 1. The Kier molecular flexibility index (Phi) is 7.44. The van der Waals surface area contributed by atoms with Gasteiger partial charge in [0, 0.05) is 24.2 Å². The number of nitrogen functional groups attached to an aromatic ring is 1. The van der Waals surface area contributed by atoms with Gasteiger partial charge in [0.1, 0.15) is 16.5 Å². The maximum absolute atomic E-state index is 9.96. The summed E-state index contributed by atoms with van der Waals surface area (Å²) in [6.07, 6.45) is 3.87. The third-order valence-electron chi connectivity index (χ3n) is 5.35. The van der Waals surface area contributed by atoms with Crippen LogP contribution in [0.3, 0.4) is 0 Å². The van der Waals surface area contributed by atoms with Gasteiger partial charge in [0.25, 0.3) is 0 Å². The van der Waals surface area contributed by atoms with E-state index in [2.05, 4.69) is 30.7 Å². The predicted octanol–water partition coefficient (Wildman–Crippen LogP) is 4.09. The van der Waals surface area contributed by atoms with Crippen LogP contribution in [0.1, 0.15) is 45.0 Å². The number of anilines is 2. The minimum Gasteiger partial charge on any atom is -0.390 e. The van der Waals surface area contributed by atoms with Crippen LogP contribution < -0.4 is 10.6 Å². The van der Waals surface area contributed by atoms with Gasteiger partial charge in [-0.25, -0.2) is 15.0 Å². The number of halogens is 1. The van der Waals surface area contributed by atoms with Gasteiger partial charge in [0.05, 0.1) is 30.0 Å². The van der Waals surface area contributed by atoms with Crippen molar-refractivity contribution in [3.63, 3.8) is 0 Å². The Morgan fingerprint density at radius 1 is 1.33 bits per heavy atom. The van der Waals surface area contributed by atoms with Gasteiger partial charge in [-0.1, -0.05) is 30.3 Å². The van der Waals surface area contributed by atoms with Crippen molar-refractivity contribution in [2.24, 2.45) is 5.41 Å². The van der Waals surface area contributed by atoms with Crippen LogP contribution in [0.2, 0.25) is 5.02 Å². The van der Waals surface area contributed by atoms with Crippen molar-refractivity contribution in [3.05, 3.63) is 28.7 Å². The molecule has 7 nitrogen and oxygen atoms in total. The van der Waals surface area contributed by atoms with Crippen LogP contribution in [0.15, 0.2) is 22.2 Å². The molecule has 164 valence electrons. The molecule has 0 spiro atoms. The molecule has 2 aromatic rings. The van der Waals surface area contributed by atoms with E-state index in [0.29, 0.717) is 15.7 Å². The number of hydrogen-bond donors (Lipinski definition) is 2. The third-order valence-corrected chi connectivity index (χ3v) is 7.00. The van der Waals surface area contributed by atoms with Gasteiger partial charge in [-0.15, -0.1) is 0 Å². The molecular formula is C21H30ClN5O2S. The van der Waals surface area contributed by atoms with Crippen LogP contribution in [0, 0.1) is 12.3 Å². The van der Waals surface area contributed by atoms with E-state index in [1.165, 1.54) is 11.8 Å². The third kappa shape index (κ3) is 5.35. The van der Waals surface area contributed by atoms with Gasteiger partial charge in [0.15, 0.2) is 5.82 Å². The van der Waals surface area contributed by atoms with Crippen LogP contribution in [0.4, 0.5) is 11.6 Å². The fourth-order valence-corrected chi connectivity index (χ4v) is 4.48. The fourth-order valence-electron chi connectivity index (χ4n) is 3.38. The lowest BCUT2D eigenvalue weighted by molar-refractivity contribution is 0.00380. The number of nitrogens with two attached hydrogens (primary N) is 1. The number of aromatic nitrogens is 3. The Labute approximate surface area is 187 Å². The number of hydrogen-bond acceptors (Lipinski definition) is 8. The van der Waals surface area contributed by atoms with Crippen molar-refractivity contribution < 1.29 is 9.84 Å². The summed E-state index contributed by atoms with van der Waals surface area (Å²) in [5, 5.41) is 11.1. The highest BCUT2D eigenvalue weighted by Gasteiger charge is 2.32. The zero-order valence-electron chi connectivity index (χ0n) is 18.0. The van der Waals surface area contributed by atoms with Gasteiger partial charge < -0.3 is 20.5 Å². The number of piperidine rings is 1. The molecule has 0 atom stereocenters. The number of aliphatic hydroxyl groups excluding tert-OH is 1. The molecule has 3 heterocycles. The zero-order chi connectivity index (χ0) is 21.9. The number of nitrogens with zero attached hydrogens (tertiary/aromatic N) is 4. The first-order valence-electron chi connectivity index (χ1n) is 10.1. The van der Waals surface area contributed by atoms with Gasteiger partial charge in [-0.3, -0.25) is 0 Å². The van der Waals surface area contributed by atoms with E-state index in [1.807, 2.05) is 6.92 Å². The largest absolute Gasteiger partial charge is 0.390 e. The van der Waals surface area contributed by atoms with Gasteiger partial charge in [-0.2, -0.15) is 0 Å². The summed E-state index contributed by atoms with van der Waals surface area (Å²) in [6, 6.07) is 1.79. The van der Waals surface area contributed by atoms with E-state index in [-0.39, 0.29) is 23.9 Å². The molecule has 0 amide bonds. The molecule has 2 aromatic heterocycles. The molecule has 1 aliphatic rings. The highest BCUT2D eigenvalue weighted by Crippen LogP contribution is 2.38. The summed E-state index contributed by atoms with van der Waals surface area (Å²) in [5.74, 6) is 1.04. The first kappa shape index (κ1) is 23.1. The SMILES string of the molecule is Cc1nc(N2CCC(C)(COC(C)C)CC2)c(CO)nc1Sc1ccnc(N)c1Cl. The highest BCUT2D eigenvalue weighted by atomic mass is 35.5. The van der Waals surface area contributed by atoms with Crippen molar-refractivity contribution in [1.82, 2.24) is 15.0 Å². The smallest absolute Gasteiger partial charge is 0.153 e. The van der Waals surface area contributed by atoms with Crippen LogP contribution in [-0.2, 0) is 11.3 Å². The standard InChI is InChI=1S/C21H30ClN5O2S/c1-13(2)29-12-21(4)6-9-27(10-7-21)19-15(11-28)26-20(14(3)25-19)30-16-5-8-24-18(23)17(16)22/h5,8,13,28H,6-7,9-12H2,1-4H3,(H2,23,24). The molecule has 3 N–H and O–H groups in total. The van der Waals surface area contributed by atoms with Crippen LogP contribution >= 0.6 is 23.4 Å². The second-order valence-corrected chi connectivity index (χ2v) is 9.72. The van der Waals surface area contributed by atoms with Crippen molar-refractivity contribution in [2.45, 2.75) is 63.2 Å². The predicted molar refractivity (Wildman–Crippen MR) is 121 cm³/mol. The molecule has 0 aromatic carbocycles. The topological polar surface area (TPSA) is 97.4 Å². The monoisotopic (exact) mass is 451 g/mol. The summed E-state index contributed by atoms with van der Waals surface area (Å²) in [5.41, 5.74) is 7.32. The van der Waals surface area contributed by atoms with E-state index in [1.54, 1.807) is 12.3 Å². The van der Waals surface area contributed by atoms with E-state index in [9.17, 15) is 5.11 Å². The molecule has 0 saturated carbocycles. The van der Waals surface area contributed by atoms with Crippen molar-refractivity contribution in [1.29, 1.82) is 0 Å². The Hall–Kier alpha value is -1.61. The molecule has 1 saturated heterocycles. The molecular weight excluding hydrogens is 422 g/mol. The molecule has 3 rings (SSSR count). The molecule has 0 aliphatic carbocycles. The van der Waals surface area contributed by atoms with Gasteiger partial charge in [0.2, 0.25) is 0 Å². The van der Waals surface area contributed by atoms with Crippen LogP contribution in [0.5, 0.6) is 0 Å². The molecule has 0 bridgehead atoms. The maximum atomic E-state index is 9.96.